The fourth-order valence-corrected chi connectivity index (χ4v) is 4.77. The zero-order valence-corrected chi connectivity index (χ0v) is 18.6. The average Bonchev–Trinajstić information content (AvgIpc) is 3.38. The fraction of sp³-hybridized carbons (Fsp3) is 0.542. The Labute approximate surface area is 188 Å². The van der Waals surface area contributed by atoms with Crippen molar-refractivity contribution in [1.82, 2.24) is 20.1 Å². The van der Waals surface area contributed by atoms with E-state index in [0.717, 1.165) is 42.4 Å². The maximum absolute atomic E-state index is 12.8. The van der Waals surface area contributed by atoms with Crippen molar-refractivity contribution in [3.8, 4) is 0 Å². The standard InChI is InChI=1S/C24H32N4O4/c1-32-11-8-25-24(31)19-13-23(30)28(16-19)15-17-6-9-27(10-7-17)22(29)12-18-14-26-21-5-3-2-4-20(18)21/h2-5,14,17,19,26H,6-13,15-16H2,1H3,(H,25,31). The maximum Gasteiger partial charge on any atom is 0.227 e. The number of para-hydroxylation sites is 1. The summed E-state index contributed by atoms with van der Waals surface area (Å²) >= 11 is 0. The van der Waals surface area contributed by atoms with Crippen LogP contribution >= 0.6 is 0 Å². The molecule has 2 aromatic rings. The minimum absolute atomic E-state index is 0.0507. The molecular weight excluding hydrogens is 408 g/mol. The molecule has 1 unspecified atom stereocenters. The molecule has 32 heavy (non-hydrogen) atoms. The second-order valence-electron chi connectivity index (χ2n) is 8.84. The maximum atomic E-state index is 12.8. The topological polar surface area (TPSA) is 94.7 Å². The lowest BCUT2D eigenvalue weighted by Crippen LogP contribution is -2.42. The summed E-state index contributed by atoms with van der Waals surface area (Å²) in [5.74, 6) is 0.215. The number of carbonyl (C=O) groups is 3. The van der Waals surface area contributed by atoms with Gasteiger partial charge in [0.2, 0.25) is 17.7 Å². The van der Waals surface area contributed by atoms with Gasteiger partial charge in [0, 0.05) is 63.4 Å². The average molecular weight is 441 g/mol. The van der Waals surface area contributed by atoms with Crippen LogP contribution in [0.4, 0.5) is 0 Å². The van der Waals surface area contributed by atoms with Crippen LogP contribution in [0.5, 0.6) is 0 Å². The van der Waals surface area contributed by atoms with Gasteiger partial charge in [-0.1, -0.05) is 18.2 Å². The highest BCUT2D eigenvalue weighted by Gasteiger charge is 2.36. The second-order valence-corrected chi connectivity index (χ2v) is 8.84. The Bertz CT molecular complexity index is 964. The third-order valence-electron chi connectivity index (χ3n) is 6.65. The van der Waals surface area contributed by atoms with Gasteiger partial charge in [0.1, 0.15) is 0 Å². The zero-order valence-electron chi connectivity index (χ0n) is 18.6. The number of ether oxygens (including phenoxy) is 1. The lowest BCUT2D eigenvalue weighted by atomic mass is 9.95. The van der Waals surface area contributed by atoms with Gasteiger partial charge in [-0.05, 0) is 30.4 Å². The smallest absolute Gasteiger partial charge is 0.227 e. The molecule has 0 bridgehead atoms. The molecule has 1 atom stereocenters. The molecule has 2 saturated heterocycles. The Hall–Kier alpha value is -2.87. The van der Waals surface area contributed by atoms with Crippen molar-refractivity contribution >= 4 is 28.6 Å². The minimum atomic E-state index is -0.280. The van der Waals surface area contributed by atoms with Crippen LogP contribution in [0.15, 0.2) is 30.5 Å². The molecule has 2 fully saturated rings. The molecular formula is C24H32N4O4. The number of aromatic nitrogens is 1. The van der Waals surface area contributed by atoms with E-state index in [1.165, 1.54) is 0 Å². The number of nitrogens with zero attached hydrogens (tertiary/aromatic N) is 2. The molecule has 2 N–H and O–H groups in total. The number of aromatic amines is 1. The minimum Gasteiger partial charge on any atom is -0.383 e. The summed E-state index contributed by atoms with van der Waals surface area (Å²) in [6, 6.07) is 8.03. The molecule has 4 rings (SSSR count). The molecule has 0 aliphatic carbocycles. The lowest BCUT2D eigenvalue weighted by Gasteiger charge is -2.34. The Kier molecular flexibility index (Phi) is 7.09. The Morgan fingerprint density at radius 1 is 1.22 bits per heavy atom. The zero-order chi connectivity index (χ0) is 22.5. The van der Waals surface area contributed by atoms with Crippen molar-refractivity contribution in [2.24, 2.45) is 11.8 Å². The summed E-state index contributed by atoms with van der Waals surface area (Å²) in [5.41, 5.74) is 2.08. The van der Waals surface area contributed by atoms with Crippen molar-refractivity contribution in [2.45, 2.75) is 25.7 Å². The Morgan fingerprint density at radius 3 is 2.78 bits per heavy atom. The summed E-state index contributed by atoms with van der Waals surface area (Å²) < 4.78 is 4.95. The largest absolute Gasteiger partial charge is 0.383 e. The van der Waals surface area contributed by atoms with E-state index in [1.807, 2.05) is 40.3 Å². The van der Waals surface area contributed by atoms with Crippen molar-refractivity contribution in [3.63, 3.8) is 0 Å². The highest BCUT2D eigenvalue weighted by atomic mass is 16.5. The van der Waals surface area contributed by atoms with Crippen LogP contribution in [-0.4, -0.2) is 78.9 Å². The normalized spacial score (nSPS) is 19.7. The monoisotopic (exact) mass is 440 g/mol. The molecule has 0 spiro atoms. The number of hydrogen-bond acceptors (Lipinski definition) is 4. The summed E-state index contributed by atoms with van der Waals surface area (Å²) in [4.78, 5) is 44.5. The molecule has 3 amide bonds. The predicted molar refractivity (Wildman–Crippen MR) is 121 cm³/mol. The lowest BCUT2D eigenvalue weighted by molar-refractivity contribution is -0.133. The number of likely N-dealkylation sites (tertiary alicyclic amines) is 2. The summed E-state index contributed by atoms with van der Waals surface area (Å²) in [5, 5.41) is 3.93. The first-order valence-electron chi connectivity index (χ1n) is 11.4. The molecule has 2 aliphatic heterocycles. The molecule has 172 valence electrons. The third-order valence-corrected chi connectivity index (χ3v) is 6.65. The first kappa shape index (κ1) is 22.3. The number of benzene rings is 1. The summed E-state index contributed by atoms with van der Waals surface area (Å²) in [6.45, 7) is 3.52. The van der Waals surface area contributed by atoms with Gasteiger partial charge < -0.3 is 24.8 Å². The number of nitrogens with one attached hydrogen (secondary N) is 2. The van der Waals surface area contributed by atoms with Crippen LogP contribution in [0.25, 0.3) is 10.9 Å². The van der Waals surface area contributed by atoms with Gasteiger partial charge in [-0.2, -0.15) is 0 Å². The van der Waals surface area contributed by atoms with Crippen molar-refractivity contribution in [1.29, 1.82) is 0 Å². The SMILES string of the molecule is COCCNC(=O)C1CC(=O)N(CC2CCN(C(=O)Cc3c[nH]c4ccccc34)CC2)C1. The van der Waals surface area contributed by atoms with E-state index in [1.54, 1.807) is 7.11 Å². The number of hydrogen-bond donors (Lipinski definition) is 2. The van der Waals surface area contributed by atoms with E-state index in [9.17, 15) is 14.4 Å². The number of H-pyrrole nitrogens is 1. The predicted octanol–water partition coefficient (Wildman–Crippen LogP) is 1.56. The van der Waals surface area contributed by atoms with E-state index >= 15 is 0 Å². The molecule has 0 radical (unpaired) electrons. The van der Waals surface area contributed by atoms with Crippen LogP contribution in [0.3, 0.4) is 0 Å². The van der Waals surface area contributed by atoms with Crippen LogP contribution < -0.4 is 5.32 Å². The highest BCUT2D eigenvalue weighted by Crippen LogP contribution is 2.25. The molecule has 2 aliphatic rings. The molecule has 1 aromatic heterocycles. The van der Waals surface area contributed by atoms with Gasteiger partial charge in [0.05, 0.1) is 18.9 Å². The van der Waals surface area contributed by atoms with Crippen molar-refractivity contribution in [3.05, 3.63) is 36.0 Å². The Balaban J connectivity index is 1.23. The molecule has 0 saturated carbocycles. The van der Waals surface area contributed by atoms with Crippen molar-refractivity contribution < 1.29 is 19.1 Å². The highest BCUT2D eigenvalue weighted by molar-refractivity contribution is 5.90. The van der Waals surface area contributed by atoms with Crippen LogP contribution in [0.1, 0.15) is 24.8 Å². The van der Waals surface area contributed by atoms with Gasteiger partial charge in [0.25, 0.3) is 0 Å². The van der Waals surface area contributed by atoms with E-state index in [2.05, 4.69) is 10.3 Å². The number of rotatable bonds is 8. The molecule has 1 aromatic carbocycles. The van der Waals surface area contributed by atoms with Gasteiger partial charge in [0.15, 0.2) is 0 Å². The first-order chi connectivity index (χ1) is 15.5. The van der Waals surface area contributed by atoms with Crippen LogP contribution in [-0.2, 0) is 25.5 Å². The molecule has 3 heterocycles. The quantitative estimate of drug-likeness (QED) is 0.609. The molecule has 8 nitrogen and oxygen atoms in total. The summed E-state index contributed by atoms with van der Waals surface area (Å²) in [7, 11) is 1.59. The number of fused-ring (bicyclic) bond motifs is 1. The van der Waals surface area contributed by atoms with Gasteiger partial charge in [-0.15, -0.1) is 0 Å². The van der Waals surface area contributed by atoms with Gasteiger partial charge >= 0.3 is 0 Å². The van der Waals surface area contributed by atoms with Crippen LogP contribution in [0, 0.1) is 11.8 Å². The third kappa shape index (κ3) is 5.12. The number of carbonyl (C=O) groups excluding carboxylic acids is 3. The fourth-order valence-electron chi connectivity index (χ4n) is 4.77. The number of methoxy groups -OCH3 is 1. The van der Waals surface area contributed by atoms with Gasteiger partial charge in [-0.25, -0.2) is 0 Å². The number of piperidine rings is 1. The summed E-state index contributed by atoms with van der Waals surface area (Å²) in [6.07, 6.45) is 4.37. The van der Waals surface area contributed by atoms with Gasteiger partial charge in [-0.3, -0.25) is 14.4 Å². The van der Waals surface area contributed by atoms with E-state index in [4.69, 9.17) is 4.74 Å². The second kappa shape index (κ2) is 10.2. The first-order valence-corrected chi connectivity index (χ1v) is 11.4. The van der Waals surface area contributed by atoms with Crippen LogP contribution in [0.2, 0.25) is 0 Å². The number of amides is 3. The van der Waals surface area contributed by atoms with E-state index in [-0.39, 0.29) is 30.1 Å². The van der Waals surface area contributed by atoms with Crippen molar-refractivity contribution in [2.75, 3.05) is 46.4 Å². The van der Waals surface area contributed by atoms with E-state index in [0.29, 0.717) is 38.6 Å². The molecule has 8 heteroatoms. The Morgan fingerprint density at radius 2 is 2.00 bits per heavy atom. The van der Waals surface area contributed by atoms with E-state index < -0.39 is 0 Å².